The van der Waals surface area contributed by atoms with Crippen molar-refractivity contribution in [3.63, 3.8) is 0 Å². The van der Waals surface area contributed by atoms with Gasteiger partial charge in [-0.15, -0.1) is 0 Å². The predicted molar refractivity (Wildman–Crippen MR) is 66.6 cm³/mol. The third kappa shape index (κ3) is 1.67. The highest BCUT2D eigenvalue weighted by Gasteiger charge is 2.41. The molecule has 0 aliphatic heterocycles. The molecule has 0 heterocycles. The van der Waals surface area contributed by atoms with Gasteiger partial charge in [0.2, 0.25) is 0 Å². The van der Waals surface area contributed by atoms with Crippen LogP contribution in [0.5, 0.6) is 0 Å². The molecule has 1 N–H and O–H groups in total. The van der Waals surface area contributed by atoms with Gasteiger partial charge in [-0.3, -0.25) is 4.79 Å². The molecule has 2 rings (SSSR count). The van der Waals surface area contributed by atoms with E-state index >= 15 is 0 Å². The fraction of sp³-hybridized carbons (Fsp3) is 0.462. The second-order valence-corrected chi connectivity index (χ2v) is 5.78. The quantitative estimate of drug-likeness (QED) is 0.900. The van der Waals surface area contributed by atoms with Gasteiger partial charge in [0.25, 0.3) is 0 Å². The summed E-state index contributed by atoms with van der Waals surface area (Å²) in [5, 5.41) is 9.28. The number of aliphatic carboxylic acids is 1. The highest BCUT2D eigenvalue weighted by Crippen LogP contribution is 2.46. The van der Waals surface area contributed by atoms with E-state index in [0.29, 0.717) is 0 Å². The first-order chi connectivity index (χ1) is 7.44. The molecule has 0 saturated carbocycles. The first-order valence-electron chi connectivity index (χ1n) is 5.45. The van der Waals surface area contributed by atoms with Crippen molar-refractivity contribution < 1.29 is 9.90 Å². The molecule has 1 aliphatic rings. The molecule has 0 radical (unpaired) electrons. The molecule has 3 heteroatoms. The van der Waals surface area contributed by atoms with Gasteiger partial charge in [0, 0.05) is 10.4 Å². The normalized spacial score (nSPS) is 19.6. The van der Waals surface area contributed by atoms with Crippen LogP contribution in [0.4, 0.5) is 0 Å². The maximum Gasteiger partial charge on any atom is 0.309 e. The highest BCUT2D eigenvalue weighted by molar-refractivity contribution is 9.10. The van der Waals surface area contributed by atoms with Crippen molar-refractivity contribution in [2.45, 2.75) is 32.6 Å². The van der Waals surface area contributed by atoms with Gasteiger partial charge in [-0.2, -0.15) is 0 Å². The van der Waals surface area contributed by atoms with Crippen LogP contribution in [0, 0.1) is 5.41 Å². The van der Waals surface area contributed by atoms with E-state index in [1.807, 2.05) is 26.0 Å². The summed E-state index contributed by atoms with van der Waals surface area (Å²) in [5.41, 5.74) is 1.79. The number of halogens is 1. The minimum absolute atomic E-state index is 0.123. The number of hydrogen-bond donors (Lipinski definition) is 1. The van der Waals surface area contributed by atoms with Crippen LogP contribution in [-0.2, 0) is 11.2 Å². The molecule has 0 fully saturated rings. The maximum atomic E-state index is 11.3. The van der Waals surface area contributed by atoms with E-state index in [4.69, 9.17) is 0 Å². The lowest BCUT2D eigenvalue weighted by Crippen LogP contribution is -2.30. The number of benzene rings is 1. The van der Waals surface area contributed by atoms with E-state index in [1.165, 1.54) is 11.1 Å². The molecule has 2 nitrogen and oxygen atoms in total. The van der Waals surface area contributed by atoms with Crippen molar-refractivity contribution >= 4 is 21.9 Å². The minimum atomic E-state index is -0.717. The molecule has 16 heavy (non-hydrogen) atoms. The molecule has 0 bridgehead atoms. The minimum Gasteiger partial charge on any atom is -0.481 e. The summed E-state index contributed by atoms with van der Waals surface area (Å²) in [6.45, 7) is 3.63. The van der Waals surface area contributed by atoms with Crippen LogP contribution in [-0.4, -0.2) is 11.1 Å². The van der Waals surface area contributed by atoms with Gasteiger partial charge in [0.1, 0.15) is 0 Å². The summed E-state index contributed by atoms with van der Waals surface area (Å²) in [4.78, 5) is 11.3. The van der Waals surface area contributed by atoms with E-state index in [1.54, 1.807) is 0 Å². The molecular weight excluding hydrogens is 268 g/mol. The summed E-state index contributed by atoms with van der Waals surface area (Å²) in [5.74, 6) is -0.595. The Bertz CT molecular complexity index is 438. The summed E-state index contributed by atoms with van der Waals surface area (Å²) in [6.07, 6.45) is 1.90. The van der Waals surface area contributed by atoms with Gasteiger partial charge in [0.05, 0.1) is 5.41 Å². The Morgan fingerprint density at radius 1 is 1.50 bits per heavy atom. The number of carboxylic acids is 1. The average molecular weight is 283 g/mol. The summed E-state index contributed by atoms with van der Waals surface area (Å²) in [6, 6.07) is 6.07. The number of carboxylic acid groups (broad SMARTS) is 1. The summed E-state index contributed by atoms with van der Waals surface area (Å²) in [7, 11) is 0. The van der Waals surface area contributed by atoms with Gasteiger partial charge >= 0.3 is 5.97 Å². The Labute approximate surface area is 104 Å². The molecule has 0 aromatic heterocycles. The Balaban J connectivity index is 2.45. The van der Waals surface area contributed by atoms with Crippen LogP contribution in [0.3, 0.4) is 0 Å². The lowest BCUT2D eigenvalue weighted by atomic mass is 9.76. The third-order valence-electron chi connectivity index (χ3n) is 3.64. The maximum absolute atomic E-state index is 11.3. The molecule has 0 spiro atoms. The number of carbonyl (C=O) groups is 1. The van der Waals surface area contributed by atoms with E-state index in [2.05, 4.69) is 22.0 Å². The Morgan fingerprint density at radius 2 is 2.19 bits per heavy atom. The number of rotatable bonds is 2. The zero-order chi connectivity index (χ0) is 11.9. The van der Waals surface area contributed by atoms with Gasteiger partial charge in [-0.25, -0.2) is 0 Å². The fourth-order valence-electron chi connectivity index (χ4n) is 2.51. The van der Waals surface area contributed by atoms with Gasteiger partial charge < -0.3 is 5.11 Å². The smallest absolute Gasteiger partial charge is 0.309 e. The number of fused-ring (bicyclic) bond motifs is 1. The lowest BCUT2D eigenvalue weighted by Gasteiger charge is -2.27. The van der Waals surface area contributed by atoms with E-state index < -0.39 is 11.4 Å². The van der Waals surface area contributed by atoms with Crippen molar-refractivity contribution in [2.24, 2.45) is 5.41 Å². The molecule has 1 atom stereocenters. The average Bonchev–Trinajstić information content (AvgIpc) is 2.63. The zero-order valence-electron chi connectivity index (χ0n) is 9.46. The van der Waals surface area contributed by atoms with Gasteiger partial charge in [0.15, 0.2) is 0 Å². The largest absolute Gasteiger partial charge is 0.481 e. The Hall–Kier alpha value is -0.830. The van der Waals surface area contributed by atoms with Crippen molar-refractivity contribution in [3.05, 3.63) is 33.8 Å². The van der Waals surface area contributed by atoms with Gasteiger partial charge in [-0.1, -0.05) is 28.1 Å². The van der Waals surface area contributed by atoms with Crippen LogP contribution in [0.1, 0.15) is 37.3 Å². The van der Waals surface area contributed by atoms with E-state index in [0.717, 1.165) is 17.3 Å². The van der Waals surface area contributed by atoms with Gasteiger partial charge in [-0.05, 0) is 43.9 Å². The second kappa shape index (κ2) is 3.88. The first kappa shape index (κ1) is 11.6. The third-order valence-corrected chi connectivity index (χ3v) is 4.38. The standard InChI is InChI=1S/C13H15BrO2/c1-13(2,12(15)16)10-7-6-9-8(10)4-3-5-11(9)14/h3-5,10H,6-7H2,1-2H3,(H,15,16). The Morgan fingerprint density at radius 3 is 2.81 bits per heavy atom. The van der Waals surface area contributed by atoms with Crippen LogP contribution in [0.25, 0.3) is 0 Å². The predicted octanol–water partition coefficient (Wildman–Crippen LogP) is 3.59. The molecule has 1 aliphatic carbocycles. The summed E-state index contributed by atoms with van der Waals surface area (Å²) < 4.78 is 1.11. The van der Waals surface area contributed by atoms with E-state index in [-0.39, 0.29) is 5.92 Å². The second-order valence-electron chi connectivity index (χ2n) is 4.93. The molecule has 0 saturated heterocycles. The summed E-state index contributed by atoms with van der Waals surface area (Å²) >= 11 is 3.53. The van der Waals surface area contributed by atoms with Crippen molar-refractivity contribution in [1.82, 2.24) is 0 Å². The Kier molecular flexibility index (Phi) is 2.82. The van der Waals surface area contributed by atoms with Crippen LogP contribution in [0.15, 0.2) is 22.7 Å². The molecular formula is C13H15BrO2. The van der Waals surface area contributed by atoms with Crippen molar-refractivity contribution in [1.29, 1.82) is 0 Å². The molecule has 1 aromatic rings. The molecule has 86 valence electrons. The SMILES string of the molecule is CC(C)(C(=O)O)C1CCc2c(Br)cccc21. The van der Waals surface area contributed by atoms with Crippen molar-refractivity contribution in [2.75, 3.05) is 0 Å². The van der Waals surface area contributed by atoms with Crippen LogP contribution < -0.4 is 0 Å². The molecule has 1 aromatic carbocycles. The molecule has 0 amide bonds. The highest BCUT2D eigenvalue weighted by atomic mass is 79.9. The zero-order valence-corrected chi connectivity index (χ0v) is 11.0. The van der Waals surface area contributed by atoms with Crippen LogP contribution in [0.2, 0.25) is 0 Å². The van der Waals surface area contributed by atoms with E-state index in [9.17, 15) is 9.90 Å². The van der Waals surface area contributed by atoms with Crippen molar-refractivity contribution in [3.8, 4) is 0 Å². The van der Waals surface area contributed by atoms with Crippen LogP contribution >= 0.6 is 15.9 Å². The monoisotopic (exact) mass is 282 g/mol. The fourth-order valence-corrected chi connectivity index (χ4v) is 3.09. The number of hydrogen-bond acceptors (Lipinski definition) is 1. The lowest BCUT2D eigenvalue weighted by molar-refractivity contribution is -0.148. The molecule has 1 unspecified atom stereocenters. The topological polar surface area (TPSA) is 37.3 Å². The first-order valence-corrected chi connectivity index (χ1v) is 6.24.